The summed E-state index contributed by atoms with van der Waals surface area (Å²) in [7, 11) is -1.80. The normalized spacial score (nSPS) is 12.0. The molecule has 0 amide bonds. The summed E-state index contributed by atoms with van der Waals surface area (Å²) in [5.74, 6) is 0.661. The fraction of sp³-hybridized carbons (Fsp3) is 0.500. The van der Waals surface area contributed by atoms with Gasteiger partial charge in [-0.2, -0.15) is 0 Å². The highest BCUT2D eigenvalue weighted by Gasteiger charge is 2.28. The first-order chi connectivity index (χ1) is 9.62. The Labute approximate surface area is 133 Å². The van der Waals surface area contributed by atoms with Crippen LogP contribution in [-0.4, -0.2) is 38.9 Å². The average Bonchev–Trinajstić information content (AvgIpc) is 2.38. The molecule has 0 spiro atoms. The number of ether oxygens (including phenoxy) is 2. The van der Waals surface area contributed by atoms with E-state index >= 15 is 0 Å². The van der Waals surface area contributed by atoms with Gasteiger partial charge >= 0.3 is 0 Å². The Morgan fingerprint density at radius 3 is 2.38 bits per heavy atom. The van der Waals surface area contributed by atoms with Crippen LogP contribution in [0.3, 0.4) is 0 Å². The molecule has 0 aromatic heterocycles. The SMILES string of the molecule is COc1cc(C=O)cc(Br)c1OCCS(=O)(=O)C(C)(C)C. The first kappa shape index (κ1) is 18.0. The highest BCUT2D eigenvalue weighted by molar-refractivity contribution is 9.10. The van der Waals surface area contributed by atoms with Crippen LogP contribution in [0.1, 0.15) is 31.1 Å². The maximum Gasteiger partial charge on any atom is 0.175 e. The van der Waals surface area contributed by atoms with E-state index < -0.39 is 14.6 Å². The third-order valence-corrected chi connectivity index (χ3v) is 6.08. The molecule has 118 valence electrons. The molecule has 1 aromatic carbocycles. The van der Waals surface area contributed by atoms with Crippen molar-refractivity contribution < 1.29 is 22.7 Å². The zero-order valence-corrected chi connectivity index (χ0v) is 14.9. The highest BCUT2D eigenvalue weighted by atomic mass is 79.9. The summed E-state index contributed by atoms with van der Waals surface area (Å²) in [5, 5.41) is 0. The van der Waals surface area contributed by atoms with Crippen LogP contribution in [0.4, 0.5) is 0 Å². The maximum atomic E-state index is 12.0. The first-order valence-corrected chi connectivity index (χ1v) is 8.74. The Hall–Kier alpha value is -1.08. The Morgan fingerprint density at radius 2 is 1.90 bits per heavy atom. The molecule has 0 atom stereocenters. The van der Waals surface area contributed by atoms with Gasteiger partial charge in [0, 0.05) is 5.56 Å². The van der Waals surface area contributed by atoms with Crippen molar-refractivity contribution in [1.82, 2.24) is 0 Å². The van der Waals surface area contributed by atoms with Gasteiger partial charge in [0.15, 0.2) is 21.3 Å². The number of aldehydes is 1. The first-order valence-electron chi connectivity index (χ1n) is 6.30. The molecule has 0 saturated carbocycles. The van der Waals surface area contributed by atoms with E-state index in [2.05, 4.69) is 15.9 Å². The Bertz CT molecular complexity index is 617. The van der Waals surface area contributed by atoms with Crippen LogP contribution in [0, 0.1) is 0 Å². The predicted molar refractivity (Wildman–Crippen MR) is 85.1 cm³/mol. The summed E-state index contributed by atoms with van der Waals surface area (Å²) in [4.78, 5) is 10.8. The van der Waals surface area contributed by atoms with Crippen molar-refractivity contribution in [2.45, 2.75) is 25.5 Å². The molecule has 0 N–H and O–H groups in total. The minimum absolute atomic E-state index is 0.00893. The van der Waals surface area contributed by atoms with Crippen LogP contribution in [0.15, 0.2) is 16.6 Å². The van der Waals surface area contributed by atoms with Crippen LogP contribution >= 0.6 is 15.9 Å². The van der Waals surface area contributed by atoms with Crippen molar-refractivity contribution in [3.8, 4) is 11.5 Å². The molecule has 21 heavy (non-hydrogen) atoms. The van der Waals surface area contributed by atoms with Gasteiger partial charge in [-0.3, -0.25) is 4.79 Å². The molecular formula is C14H19BrO5S. The topological polar surface area (TPSA) is 69.7 Å². The van der Waals surface area contributed by atoms with Crippen molar-refractivity contribution in [3.63, 3.8) is 0 Å². The van der Waals surface area contributed by atoms with E-state index in [-0.39, 0.29) is 12.4 Å². The van der Waals surface area contributed by atoms with Gasteiger partial charge in [-0.1, -0.05) is 0 Å². The van der Waals surface area contributed by atoms with Gasteiger partial charge in [0.1, 0.15) is 12.9 Å². The second-order valence-electron chi connectivity index (χ2n) is 5.43. The molecule has 0 heterocycles. The van der Waals surface area contributed by atoms with Gasteiger partial charge < -0.3 is 9.47 Å². The van der Waals surface area contributed by atoms with E-state index in [1.807, 2.05) is 0 Å². The van der Waals surface area contributed by atoms with Crippen LogP contribution in [0.5, 0.6) is 11.5 Å². The summed E-state index contributed by atoms with van der Waals surface area (Å²) >= 11 is 3.29. The molecule has 0 saturated heterocycles. The highest BCUT2D eigenvalue weighted by Crippen LogP contribution is 2.36. The molecule has 0 aliphatic rings. The smallest absolute Gasteiger partial charge is 0.175 e. The maximum absolute atomic E-state index is 12.0. The standard InChI is InChI=1S/C14H19BrO5S/c1-14(2,3)21(17,18)6-5-20-13-11(15)7-10(9-16)8-12(13)19-4/h7-9H,5-6H2,1-4H3. The van der Waals surface area contributed by atoms with Crippen LogP contribution in [0.25, 0.3) is 0 Å². The molecular weight excluding hydrogens is 360 g/mol. The predicted octanol–water partition coefficient (Wildman–Crippen LogP) is 2.86. The quantitative estimate of drug-likeness (QED) is 0.711. The van der Waals surface area contributed by atoms with E-state index in [9.17, 15) is 13.2 Å². The minimum Gasteiger partial charge on any atom is -0.493 e. The van der Waals surface area contributed by atoms with Gasteiger partial charge in [0.2, 0.25) is 0 Å². The molecule has 0 aliphatic carbocycles. The summed E-state index contributed by atoms with van der Waals surface area (Å²) in [6, 6.07) is 3.12. The number of sulfone groups is 1. The van der Waals surface area contributed by atoms with Gasteiger partial charge in [-0.25, -0.2) is 8.42 Å². The van der Waals surface area contributed by atoms with Crippen molar-refractivity contribution in [2.75, 3.05) is 19.5 Å². The number of hydrogen-bond acceptors (Lipinski definition) is 5. The third-order valence-electron chi connectivity index (χ3n) is 2.92. The largest absolute Gasteiger partial charge is 0.493 e. The van der Waals surface area contributed by atoms with Crippen molar-refractivity contribution in [3.05, 3.63) is 22.2 Å². The van der Waals surface area contributed by atoms with E-state index in [1.165, 1.54) is 13.2 Å². The van der Waals surface area contributed by atoms with Crippen molar-refractivity contribution >= 4 is 32.1 Å². The number of hydrogen-bond donors (Lipinski definition) is 0. The van der Waals surface area contributed by atoms with E-state index in [1.54, 1.807) is 26.8 Å². The summed E-state index contributed by atoms with van der Waals surface area (Å²) < 4.78 is 34.4. The van der Waals surface area contributed by atoms with Crippen molar-refractivity contribution in [1.29, 1.82) is 0 Å². The van der Waals surface area contributed by atoms with E-state index in [4.69, 9.17) is 9.47 Å². The van der Waals surface area contributed by atoms with Gasteiger partial charge in [0.25, 0.3) is 0 Å². The number of benzene rings is 1. The fourth-order valence-corrected chi connectivity index (χ4v) is 3.00. The average molecular weight is 379 g/mol. The Kier molecular flexibility index (Phi) is 5.81. The molecule has 1 rings (SSSR count). The Balaban J connectivity index is 2.88. The second kappa shape index (κ2) is 6.79. The summed E-state index contributed by atoms with van der Waals surface area (Å²) in [6.07, 6.45) is 0.696. The molecule has 0 aliphatic heterocycles. The van der Waals surface area contributed by atoms with Crippen molar-refractivity contribution in [2.24, 2.45) is 0 Å². The number of halogens is 1. The zero-order chi connectivity index (χ0) is 16.3. The number of carbonyl (C=O) groups excluding carboxylic acids is 1. The minimum atomic E-state index is -3.25. The molecule has 5 nitrogen and oxygen atoms in total. The van der Waals surface area contributed by atoms with Crippen LogP contribution in [0.2, 0.25) is 0 Å². The van der Waals surface area contributed by atoms with Crippen LogP contribution in [-0.2, 0) is 9.84 Å². The molecule has 0 bridgehead atoms. The number of methoxy groups -OCH3 is 1. The summed E-state index contributed by atoms with van der Waals surface area (Å²) in [5.41, 5.74) is 0.438. The van der Waals surface area contributed by atoms with Crippen LogP contribution < -0.4 is 9.47 Å². The zero-order valence-electron chi connectivity index (χ0n) is 12.5. The lowest BCUT2D eigenvalue weighted by atomic mass is 10.2. The van der Waals surface area contributed by atoms with E-state index in [0.29, 0.717) is 27.8 Å². The second-order valence-corrected chi connectivity index (χ2v) is 9.15. The molecule has 0 radical (unpaired) electrons. The van der Waals surface area contributed by atoms with Gasteiger partial charge in [-0.05, 0) is 48.8 Å². The molecule has 0 unspecified atom stereocenters. The lowest BCUT2D eigenvalue weighted by Gasteiger charge is -2.19. The lowest BCUT2D eigenvalue weighted by Crippen LogP contribution is -2.32. The lowest BCUT2D eigenvalue weighted by molar-refractivity contribution is 0.112. The monoisotopic (exact) mass is 378 g/mol. The van der Waals surface area contributed by atoms with E-state index in [0.717, 1.165) is 0 Å². The number of rotatable bonds is 6. The van der Waals surface area contributed by atoms with Gasteiger partial charge in [0.05, 0.1) is 22.1 Å². The number of carbonyl (C=O) groups is 1. The third kappa shape index (κ3) is 4.44. The fourth-order valence-electron chi connectivity index (χ4n) is 1.51. The Morgan fingerprint density at radius 1 is 1.29 bits per heavy atom. The molecule has 0 fully saturated rings. The molecule has 1 aromatic rings. The molecule has 7 heteroatoms. The van der Waals surface area contributed by atoms with Gasteiger partial charge in [-0.15, -0.1) is 0 Å². The summed E-state index contributed by atoms with van der Waals surface area (Å²) in [6.45, 7) is 4.96.